The molecule has 1 amide bonds. The van der Waals surface area contributed by atoms with E-state index in [0.717, 1.165) is 30.5 Å². The normalized spacial score (nSPS) is 21.5. The molecule has 1 N–H and O–H groups in total. The number of para-hydroxylation sites is 1. The first-order chi connectivity index (χ1) is 8.74. The largest absolute Gasteiger partial charge is 0.325 e. The van der Waals surface area contributed by atoms with E-state index >= 15 is 0 Å². The van der Waals surface area contributed by atoms with Crippen LogP contribution < -0.4 is 5.32 Å². The number of benzene rings is 1. The molecule has 1 aromatic rings. The topological polar surface area (TPSA) is 29.1 Å². The summed E-state index contributed by atoms with van der Waals surface area (Å²) in [6.07, 6.45) is 6.94. The number of unbranched alkanes of at least 4 members (excludes halogenated alkanes) is 2. The summed E-state index contributed by atoms with van der Waals surface area (Å²) in [6.45, 7) is 6.01. The standard InChI is InChI=1S/C16H21NO/c1-3-5-8-12-16(11-4-2)13-9-6-7-10-14(13)17-15(16)18/h4,6-7,9-10H,2-3,5,8,11-12H2,1H3,(H,17,18). The first-order valence-electron chi connectivity index (χ1n) is 6.76. The van der Waals surface area contributed by atoms with Gasteiger partial charge in [-0.1, -0.05) is 50.5 Å². The van der Waals surface area contributed by atoms with E-state index in [1.54, 1.807) is 0 Å². The number of allylic oxidation sites excluding steroid dienone is 1. The monoisotopic (exact) mass is 243 g/mol. The summed E-state index contributed by atoms with van der Waals surface area (Å²) in [5.41, 5.74) is 1.74. The van der Waals surface area contributed by atoms with Crippen molar-refractivity contribution in [2.45, 2.75) is 44.4 Å². The second kappa shape index (κ2) is 5.38. The summed E-state index contributed by atoms with van der Waals surface area (Å²) < 4.78 is 0. The van der Waals surface area contributed by atoms with Crippen LogP contribution in [0.4, 0.5) is 5.69 Å². The Balaban J connectivity index is 2.33. The van der Waals surface area contributed by atoms with Crippen LogP contribution in [0.25, 0.3) is 0 Å². The highest BCUT2D eigenvalue weighted by Crippen LogP contribution is 2.43. The molecule has 2 nitrogen and oxygen atoms in total. The zero-order chi connectivity index (χ0) is 13.0. The number of hydrogen-bond donors (Lipinski definition) is 1. The highest BCUT2D eigenvalue weighted by Gasteiger charge is 2.44. The molecular weight excluding hydrogens is 222 g/mol. The molecule has 2 heteroatoms. The molecule has 0 saturated heterocycles. The fraction of sp³-hybridized carbons (Fsp3) is 0.438. The Morgan fingerprint density at radius 2 is 2.11 bits per heavy atom. The Morgan fingerprint density at radius 1 is 1.33 bits per heavy atom. The third kappa shape index (κ3) is 2.07. The minimum Gasteiger partial charge on any atom is -0.325 e. The molecule has 0 radical (unpaired) electrons. The minimum absolute atomic E-state index is 0.139. The number of fused-ring (bicyclic) bond motifs is 1. The third-order valence-electron chi connectivity index (χ3n) is 3.83. The fourth-order valence-electron chi connectivity index (χ4n) is 2.85. The Morgan fingerprint density at radius 3 is 2.83 bits per heavy atom. The Hall–Kier alpha value is -1.57. The number of anilines is 1. The van der Waals surface area contributed by atoms with Gasteiger partial charge in [-0.2, -0.15) is 0 Å². The van der Waals surface area contributed by atoms with Crippen molar-refractivity contribution in [3.8, 4) is 0 Å². The van der Waals surface area contributed by atoms with Crippen molar-refractivity contribution in [1.29, 1.82) is 0 Å². The maximum atomic E-state index is 12.4. The molecular formula is C16H21NO. The molecule has 1 aliphatic rings. The molecule has 96 valence electrons. The van der Waals surface area contributed by atoms with E-state index in [2.05, 4.69) is 24.9 Å². The molecule has 2 rings (SSSR count). The van der Waals surface area contributed by atoms with Gasteiger partial charge in [0.2, 0.25) is 5.91 Å². The predicted octanol–water partition coefficient (Wildman–Crippen LogP) is 4.03. The predicted molar refractivity (Wildman–Crippen MR) is 75.7 cm³/mol. The van der Waals surface area contributed by atoms with Gasteiger partial charge in [0, 0.05) is 5.69 Å². The van der Waals surface area contributed by atoms with E-state index in [9.17, 15) is 4.79 Å². The molecule has 0 saturated carbocycles. The van der Waals surface area contributed by atoms with E-state index in [1.165, 1.54) is 12.8 Å². The fourth-order valence-corrected chi connectivity index (χ4v) is 2.85. The third-order valence-corrected chi connectivity index (χ3v) is 3.83. The molecule has 1 aromatic carbocycles. The molecule has 1 heterocycles. The van der Waals surface area contributed by atoms with Gasteiger partial charge < -0.3 is 5.32 Å². The van der Waals surface area contributed by atoms with Gasteiger partial charge >= 0.3 is 0 Å². The first kappa shape index (κ1) is 12.9. The lowest BCUT2D eigenvalue weighted by Crippen LogP contribution is -2.34. The van der Waals surface area contributed by atoms with Crippen molar-refractivity contribution in [3.63, 3.8) is 0 Å². The van der Waals surface area contributed by atoms with E-state index in [0.29, 0.717) is 0 Å². The van der Waals surface area contributed by atoms with Crippen LogP contribution in [-0.2, 0) is 10.2 Å². The lowest BCUT2D eigenvalue weighted by Gasteiger charge is -2.26. The Kier molecular flexibility index (Phi) is 3.85. The van der Waals surface area contributed by atoms with Crippen molar-refractivity contribution in [1.82, 2.24) is 0 Å². The zero-order valence-electron chi connectivity index (χ0n) is 11.0. The number of carbonyl (C=O) groups excluding carboxylic acids is 1. The molecule has 0 bridgehead atoms. The minimum atomic E-state index is -0.381. The molecule has 0 aromatic heterocycles. The number of nitrogens with one attached hydrogen (secondary N) is 1. The smallest absolute Gasteiger partial charge is 0.235 e. The van der Waals surface area contributed by atoms with Crippen molar-refractivity contribution in [2.24, 2.45) is 0 Å². The highest BCUT2D eigenvalue weighted by molar-refractivity contribution is 6.06. The van der Waals surface area contributed by atoms with Gasteiger partial charge in [0.1, 0.15) is 0 Å². The van der Waals surface area contributed by atoms with Crippen LogP contribution in [0.15, 0.2) is 36.9 Å². The molecule has 1 aliphatic heterocycles. The average Bonchev–Trinajstić information content (AvgIpc) is 2.64. The molecule has 0 spiro atoms. The van der Waals surface area contributed by atoms with Crippen LogP contribution in [0.1, 0.15) is 44.6 Å². The van der Waals surface area contributed by atoms with Gasteiger partial charge in [-0.25, -0.2) is 0 Å². The second-order valence-corrected chi connectivity index (χ2v) is 5.03. The summed E-state index contributed by atoms with van der Waals surface area (Å²) in [6, 6.07) is 8.03. The lowest BCUT2D eigenvalue weighted by molar-refractivity contribution is -0.121. The quantitative estimate of drug-likeness (QED) is 0.593. The molecule has 0 aliphatic carbocycles. The van der Waals surface area contributed by atoms with Crippen LogP contribution in [0.3, 0.4) is 0 Å². The summed E-state index contributed by atoms with van der Waals surface area (Å²) in [5.74, 6) is 0.139. The van der Waals surface area contributed by atoms with Gasteiger partial charge in [0.05, 0.1) is 5.41 Å². The van der Waals surface area contributed by atoms with E-state index in [4.69, 9.17) is 0 Å². The van der Waals surface area contributed by atoms with Gasteiger partial charge in [-0.3, -0.25) is 4.79 Å². The summed E-state index contributed by atoms with van der Waals surface area (Å²) in [4.78, 5) is 12.4. The summed E-state index contributed by atoms with van der Waals surface area (Å²) in [5, 5.41) is 3.01. The van der Waals surface area contributed by atoms with Gasteiger partial charge in [-0.05, 0) is 24.5 Å². The van der Waals surface area contributed by atoms with Crippen molar-refractivity contribution in [3.05, 3.63) is 42.5 Å². The van der Waals surface area contributed by atoms with Crippen molar-refractivity contribution in [2.75, 3.05) is 5.32 Å². The van der Waals surface area contributed by atoms with Crippen LogP contribution in [0.5, 0.6) is 0 Å². The van der Waals surface area contributed by atoms with Crippen LogP contribution in [0, 0.1) is 0 Å². The first-order valence-corrected chi connectivity index (χ1v) is 6.76. The Labute approximate surface area is 109 Å². The molecule has 1 atom stereocenters. The second-order valence-electron chi connectivity index (χ2n) is 5.03. The average molecular weight is 243 g/mol. The number of rotatable bonds is 6. The molecule has 18 heavy (non-hydrogen) atoms. The van der Waals surface area contributed by atoms with Gasteiger partial charge in [-0.15, -0.1) is 6.58 Å². The van der Waals surface area contributed by atoms with Gasteiger partial charge in [0.15, 0.2) is 0 Å². The Bertz CT molecular complexity index is 452. The van der Waals surface area contributed by atoms with Crippen LogP contribution in [-0.4, -0.2) is 5.91 Å². The van der Waals surface area contributed by atoms with E-state index < -0.39 is 0 Å². The lowest BCUT2D eigenvalue weighted by atomic mass is 9.74. The number of hydrogen-bond acceptors (Lipinski definition) is 1. The van der Waals surface area contributed by atoms with Crippen LogP contribution in [0.2, 0.25) is 0 Å². The van der Waals surface area contributed by atoms with Crippen LogP contribution >= 0.6 is 0 Å². The van der Waals surface area contributed by atoms with Gasteiger partial charge in [0.25, 0.3) is 0 Å². The summed E-state index contributed by atoms with van der Waals surface area (Å²) in [7, 11) is 0. The molecule has 0 fully saturated rings. The zero-order valence-corrected chi connectivity index (χ0v) is 11.0. The maximum absolute atomic E-state index is 12.4. The van der Waals surface area contributed by atoms with Crippen molar-refractivity contribution >= 4 is 11.6 Å². The highest BCUT2D eigenvalue weighted by atomic mass is 16.2. The van der Waals surface area contributed by atoms with E-state index in [1.807, 2.05) is 24.3 Å². The summed E-state index contributed by atoms with van der Waals surface area (Å²) >= 11 is 0. The number of carbonyl (C=O) groups is 1. The van der Waals surface area contributed by atoms with Crippen molar-refractivity contribution < 1.29 is 4.79 Å². The molecule has 1 unspecified atom stereocenters. The number of amides is 1. The van der Waals surface area contributed by atoms with E-state index in [-0.39, 0.29) is 11.3 Å². The SMILES string of the molecule is C=CCC1(CCCCC)C(=O)Nc2ccccc21. The maximum Gasteiger partial charge on any atom is 0.235 e.